The minimum atomic E-state index is 0.167. The van der Waals surface area contributed by atoms with Crippen molar-refractivity contribution in [1.82, 2.24) is 0 Å². The Balaban J connectivity index is 0.000000776. The summed E-state index contributed by atoms with van der Waals surface area (Å²) >= 11 is 0. The van der Waals surface area contributed by atoms with Gasteiger partial charge in [0.25, 0.3) is 0 Å². The van der Waals surface area contributed by atoms with E-state index in [4.69, 9.17) is 0 Å². The Kier molecular flexibility index (Phi) is 11.9. The molecule has 2 nitrogen and oxygen atoms in total. The van der Waals surface area contributed by atoms with Gasteiger partial charge in [-0.1, -0.05) is 51.5 Å². The molecule has 158 valence electrons. The van der Waals surface area contributed by atoms with Crippen molar-refractivity contribution in [3.63, 3.8) is 0 Å². The van der Waals surface area contributed by atoms with Crippen LogP contribution in [0, 0.1) is 0 Å². The lowest BCUT2D eigenvalue weighted by atomic mass is 9.80. The Hall–Kier alpha value is -1.70. The second-order valence-electron chi connectivity index (χ2n) is 8.77. The van der Waals surface area contributed by atoms with Gasteiger partial charge in [0.05, 0.1) is 0 Å². The molecule has 0 aromatic carbocycles. The van der Waals surface area contributed by atoms with Crippen LogP contribution in [0.5, 0.6) is 0 Å². The molecule has 0 amide bonds. The van der Waals surface area contributed by atoms with Gasteiger partial charge in [-0.2, -0.15) is 0 Å². The molecule has 0 saturated carbocycles. The topological polar surface area (TPSA) is 34.1 Å². The number of ketones is 2. The summed E-state index contributed by atoms with van der Waals surface area (Å²) in [6.07, 6.45) is 7.28. The van der Waals surface area contributed by atoms with Crippen molar-refractivity contribution in [2.24, 2.45) is 0 Å². The highest BCUT2D eigenvalue weighted by molar-refractivity contribution is 5.72. The molecule has 2 heteroatoms. The summed E-state index contributed by atoms with van der Waals surface area (Å²) in [6, 6.07) is 0. The molecule has 0 bridgehead atoms. The standard InChI is InChI=1S/C20H30.2C3H6O/c1-7-18-10-17(6)20(11-16(18)5)12-19-9-14(3)13(2)8-15(19)4;2*1-3(2)4/h7-12H2,1-6H3;2*1-2H3. The monoisotopic (exact) mass is 386 g/mol. The van der Waals surface area contributed by atoms with E-state index in [2.05, 4.69) is 41.5 Å². The summed E-state index contributed by atoms with van der Waals surface area (Å²) in [6.45, 7) is 20.0. The molecule has 28 heavy (non-hydrogen) atoms. The fourth-order valence-corrected chi connectivity index (χ4v) is 3.60. The van der Waals surface area contributed by atoms with Gasteiger partial charge in [0.1, 0.15) is 11.6 Å². The van der Waals surface area contributed by atoms with Crippen LogP contribution in [-0.2, 0) is 9.59 Å². The quantitative estimate of drug-likeness (QED) is 0.463. The van der Waals surface area contributed by atoms with Crippen LogP contribution in [0.2, 0.25) is 0 Å². The second-order valence-corrected chi connectivity index (χ2v) is 8.77. The van der Waals surface area contributed by atoms with Crippen molar-refractivity contribution >= 4 is 11.6 Å². The first-order chi connectivity index (χ1) is 12.9. The Morgan fingerprint density at radius 1 is 0.571 bits per heavy atom. The summed E-state index contributed by atoms with van der Waals surface area (Å²) < 4.78 is 0. The van der Waals surface area contributed by atoms with E-state index in [1.165, 1.54) is 66.2 Å². The average Bonchev–Trinajstić information content (AvgIpc) is 2.54. The number of hydrogen-bond donors (Lipinski definition) is 0. The predicted molar refractivity (Wildman–Crippen MR) is 123 cm³/mol. The van der Waals surface area contributed by atoms with Crippen molar-refractivity contribution in [1.29, 1.82) is 0 Å². The third-order valence-corrected chi connectivity index (χ3v) is 5.36. The highest BCUT2D eigenvalue weighted by Gasteiger charge is 2.19. The summed E-state index contributed by atoms with van der Waals surface area (Å²) in [7, 11) is 0. The highest BCUT2D eigenvalue weighted by atomic mass is 16.1. The first-order valence-corrected chi connectivity index (χ1v) is 10.5. The minimum absolute atomic E-state index is 0.167. The largest absolute Gasteiger partial charge is 0.300 e. The molecule has 0 aliphatic heterocycles. The lowest BCUT2D eigenvalue weighted by Crippen LogP contribution is -2.07. The first kappa shape index (κ1) is 26.3. The minimum Gasteiger partial charge on any atom is -0.300 e. The molecule has 2 aliphatic carbocycles. The zero-order valence-corrected chi connectivity index (χ0v) is 20.1. The fraction of sp³-hybridized carbons (Fsp3) is 0.615. The molecule has 0 fully saturated rings. The van der Waals surface area contributed by atoms with E-state index in [-0.39, 0.29) is 11.6 Å². The van der Waals surface area contributed by atoms with E-state index >= 15 is 0 Å². The smallest absolute Gasteiger partial charge is 0.126 e. The molecule has 0 aromatic heterocycles. The Labute approximate surface area is 173 Å². The van der Waals surface area contributed by atoms with Gasteiger partial charge in [-0.3, -0.25) is 0 Å². The van der Waals surface area contributed by atoms with Crippen LogP contribution >= 0.6 is 0 Å². The molecule has 0 aromatic rings. The van der Waals surface area contributed by atoms with Crippen molar-refractivity contribution in [3.05, 3.63) is 44.6 Å². The third-order valence-electron chi connectivity index (χ3n) is 5.36. The lowest BCUT2D eigenvalue weighted by molar-refractivity contribution is -0.115. The third kappa shape index (κ3) is 10.0. The average molecular weight is 387 g/mol. The molecule has 0 radical (unpaired) electrons. The van der Waals surface area contributed by atoms with Gasteiger partial charge in [-0.25, -0.2) is 0 Å². The normalized spacial score (nSPS) is 17.1. The number of carbonyl (C=O) groups is 2. The molecular formula is C26H42O2. The van der Waals surface area contributed by atoms with Gasteiger partial charge in [0, 0.05) is 0 Å². The van der Waals surface area contributed by atoms with E-state index in [1.54, 1.807) is 44.6 Å². The van der Waals surface area contributed by atoms with E-state index in [1.807, 2.05) is 0 Å². The maximum Gasteiger partial charge on any atom is 0.126 e. The molecule has 0 heterocycles. The summed E-state index contributed by atoms with van der Waals surface area (Å²) in [5.41, 5.74) is 13.1. The number of hydrogen-bond acceptors (Lipinski definition) is 2. The van der Waals surface area contributed by atoms with Gasteiger partial charge in [-0.15, -0.1) is 0 Å². The number of rotatable bonds is 3. The van der Waals surface area contributed by atoms with Gasteiger partial charge < -0.3 is 9.59 Å². The Bertz CT molecular complexity index is 689. The number of carbonyl (C=O) groups excluding carboxylic acids is 2. The van der Waals surface area contributed by atoms with Crippen LogP contribution < -0.4 is 0 Å². The SMILES string of the molecule is CC(C)=O.CC(C)=O.CCC1=C(C)CC(CC2=C(C)CC(C)=C(C)C2)=C(C)C1. The first-order valence-electron chi connectivity index (χ1n) is 10.5. The summed E-state index contributed by atoms with van der Waals surface area (Å²) in [5, 5.41) is 0. The molecule has 0 unspecified atom stereocenters. The Morgan fingerprint density at radius 2 is 0.857 bits per heavy atom. The molecular weight excluding hydrogens is 344 g/mol. The lowest BCUT2D eigenvalue weighted by Gasteiger charge is -2.26. The molecule has 0 saturated heterocycles. The zero-order valence-electron chi connectivity index (χ0n) is 20.1. The Morgan fingerprint density at radius 3 is 1.29 bits per heavy atom. The fourth-order valence-electron chi connectivity index (χ4n) is 3.60. The highest BCUT2D eigenvalue weighted by Crippen LogP contribution is 2.38. The molecule has 0 atom stereocenters. The second kappa shape index (κ2) is 12.7. The van der Waals surface area contributed by atoms with Crippen LogP contribution in [0.4, 0.5) is 0 Å². The van der Waals surface area contributed by atoms with Crippen LogP contribution in [0.1, 0.15) is 108 Å². The zero-order chi connectivity index (χ0) is 22.0. The number of Topliss-reactive ketones (excluding diaryl/α,β-unsaturated/α-hetero) is 2. The summed E-state index contributed by atoms with van der Waals surface area (Å²) in [5.74, 6) is 0.333. The van der Waals surface area contributed by atoms with E-state index < -0.39 is 0 Å². The summed E-state index contributed by atoms with van der Waals surface area (Å²) in [4.78, 5) is 18.9. The molecule has 0 N–H and O–H groups in total. The maximum absolute atomic E-state index is 9.44. The van der Waals surface area contributed by atoms with Crippen LogP contribution in [-0.4, -0.2) is 11.6 Å². The van der Waals surface area contributed by atoms with Gasteiger partial charge in [0.2, 0.25) is 0 Å². The van der Waals surface area contributed by atoms with Crippen molar-refractivity contribution in [2.75, 3.05) is 0 Å². The van der Waals surface area contributed by atoms with Crippen LogP contribution in [0.15, 0.2) is 44.6 Å². The molecule has 2 aliphatic rings. The van der Waals surface area contributed by atoms with Crippen molar-refractivity contribution in [3.8, 4) is 0 Å². The maximum atomic E-state index is 9.44. The van der Waals surface area contributed by atoms with Crippen molar-refractivity contribution < 1.29 is 9.59 Å². The van der Waals surface area contributed by atoms with E-state index in [0.717, 1.165) is 0 Å². The molecule has 2 rings (SSSR count). The van der Waals surface area contributed by atoms with Crippen LogP contribution in [0.3, 0.4) is 0 Å². The molecule has 0 spiro atoms. The van der Waals surface area contributed by atoms with Gasteiger partial charge >= 0.3 is 0 Å². The van der Waals surface area contributed by atoms with E-state index in [0.29, 0.717) is 0 Å². The van der Waals surface area contributed by atoms with Gasteiger partial charge in [0.15, 0.2) is 0 Å². The van der Waals surface area contributed by atoms with Gasteiger partial charge in [-0.05, 0) is 101 Å². The van der Waals surface area contributed by atoms with E-state index in [9.17, 15) is 9.59 Å². The van der Waals surface area contributed by atoms with Crippen LogP contribution in [0.25, 0.3) is 0 Å². The van der Waals surface area contributed by atoms with Crippen molar-refractivity contribution in [2.45, 2.75) is 108 Å². The predicted octanol–water partition coefficient (Wildman–Crippen LogP) is 7.85. The number of allylic oxidation sites excluding steroid dienone is 8.